The van der Waals surface area contributed by atoms with Gasteiger partial charge in [-0.05, 0) is 48.1 Å². The molecular formula is C23H25NO2. The Bertz CT molecular complexity index is 782. The maximum atomic E-state index is 12.4. The number of ketones is 1. The lowest BCUT2D eigenvalue weighted by Crippen LogP contribution is -2.05. The summed E-state index contributed by atoms with van der Waals surface area (Å²) in [7, 11) is 0. The van der Waals surface area contributed by atoms with Gasteiger partial charge in [0.2, 0.25) is 5.91 Å². The molecule has 3 nitrogen and oxygen atoms in total. The van der Waals surface area contributed by atoms with Crippen molar-refractivity contribution < 1.29 is 9.59 Å². The zero-order valence-corrected chi connectivity index (χ0v) is 15.2. The van der Waals surface area contributed by atoms with Gasteiger partial charge in [-0.1, -0.05) is 61.7 Å². The van der Waals surface area contributed by atoms with Crippen molar-refractivity contribution in [1.29, 1.82) is 0 Å². The topological polar surface area (TPSA) is 46.2 Å². The quantitative estimate of drug-likeness (QED) is 0.566. The van der Waals surface area contributed by atoms with Crippen molar-refractivity contribution in [2.75, 3.05) is 5.32 Å². The van der Waals surface area contributed by atoms with Gasteiger partial charge in [0.1, 0.15) is 0 Å². The van der Waals surface area contributed by atoms with E-state index in [0.717, 1.165) is 16.8 Å². The van der Waals surface area contributed by atoms with E-state index < -0.39 is 0 Å². The van der Waals surface area contributed by atoms with E-state index in [2.05, 4.69) is 17.4 Å². The molecule has 0 unspecified atom stereocenters. The predicted octanol–water partition coefficient (Wildman–Crippen LogP) is 5.59. The largest absolute Gasteiger partial charge is 0.326 e. The molecule has 0 aliphatic heterocycles. The van der Waals surface area contributed by atoms with Crippen LogP contribution in [0.2, 0.25) is 0 Å². The minimum atomic E-state index is -0.0971. The monoisotopic (exact) mass is 347 g/mol. The first-order chi connectivity index (χ1) is 12.6. The number of nitrogens with one attached hydrogen (secondary N) is 1. The second-order valence-electron chi connectivity index (χ2n) is 6.96. The van der Waals surface area contributed by atoms with Crippen molar-refractivity contribution in [3.05, 3.63) is 71.3 Å². The first-order valence-corrected chi connectivity index (χ1v) is 9.32. The summed E-state index contributed by atoms with van der Waals surface area (Å²) < 4.78 is 0. The Morgan fingerprint density at radius 1 is 0.923 bits per heavy atom. The van der Waals surface area contributed by atoms with Crippen LogP contribution < -0.4 is 5.32 Å². The smallest absolute Gasteiger partial charge is 0.221 e. The molecule has 2 aromatic rings. The summed E-state index contributed by atoms with van der Waals surface area (Å²) in [5.41, 5.74) is 3.75. The summed E-state index contributed by atoms with van der Waals surface area (Å²) >= 11 is 0. The van der Waals surface area contributed by atoms with Crippen LogP contribution >= 0.6 is 0 Å². The van der Waals surface area contributed by atoms with Crippen LogP contribution in [0.3, 0.4) is 0 Å². The molecule has 1 fully saturated rings. The number of allylic oxidation sites excluding steroid dienone is 1. The standard InChI is InChI=1S/C23H25NO2/c1-17(25)24-22-14-7-18(8-15-22)9-16-23(26)21-12-10-20(11-13-21)19-5-3-2-4-6-19/h7-16,19H,2-6H2,1H3,(H,24,25). The van der Waals surface area contributed by atoms with Crippen molar-refractivity contribution in [2.24, 2.45) is 0 Å². The van der Waals surface area contributed by atoms with Crippen molar-refractivity contribution in [3.8, 4) is 0 Å². The van der Waals surface area contributed by atoms with Crippen molar-refractivity contribution >= 4 is 23.5 Å². The van der Waals surface area contributed by atoms with Crippen LogP contribution in [0.5, 0.6) is 0 Å². The summed E-state index contributed by atoms with van der Waals surface area (Å²) in [5.74, 6) is 0.567. The second-order valence-corrected chi connectivity index (χ2v) is 6.96. The average molecular weight is 347 g/mol. The van der Waals surface area contributed by atoms with Gasteiger partial charge in [0, 0.05) is 18.2 Å². The molecular weight excluding hydrogens is 322 g/mol. The van der Waals surface area contributed by atoms with Gasteiger partial charge in [-0.3, -0.25) is 9.59 Å². The molecule has 1 aliphatic carbocycles. The van der Waals surface area contributed by atoms with Gasteiger partial charge < -0.3 is 5.32 Å². The molecule has 3 heteroatoms. The van der Waals surface area contributed by atoms with Gasteiger partial charge in [-0.15, -0.1) is 0 Å². The van der Waals surface area contributed by atoms with Gasteiger partial charge >= 0.3 is 0 Å². The van der Waals surface area contributed by atoms with Crippen LogP contribution in [0, 0.1) is 0 Å². The van der Waals surface area contributed by atoms with Crippen LogP contribution in [0.1, 0.15) is 66.4 Å². The fourth-order valence-electron chi connectivity index (χ4n) is 3.50. The number of rotatable bonds is 5. The maximum absolute atomic E-state index is 12.4. The molecule has 0 saturated heterocycles. The third-order valence-corrected chi connectivity index (χ3v) is 4.93. The van der Waals surface area contributed by atoms with E-state index in [9.17, 15) is 9.59 Å². The van der Waals surface area contributed by atoms with Crippen LogP contribution in [-0.4, -0.2) is 11.7 Å². The number of hydrogen-bond acceptors (Lipinski definition) is 2. The Balaban J connectivity index is 1.61. The molecule has 1 aliphatic rings. The Morgan fingerprint density at radius 3 is 2.19 bits per heavy atom. The highest BCUT2D eigenvalue weighted by molar-refractivity contribution is 6.06. The number of anilines is 1. The molecule has 0 heterocycles. The fourth-order valence-corrected chi connectivity index (χ4v) is 3.50. The Hall–Kier alpha value is -2.68. The lowest BCUT2D eigenvalue weighted by atomic mass is 9.84. The summed E-state index contributed by atoms with van der Waals surface area (Å²) in [6.07, 6.45) is 9.91. The highest BCUT2D eigenvalue weighted by Gasteiger charge is 2.15. The van der Waals surface area contributed by atoms with E-state index in [1.807, 2.05) is 36.4 Å². The van der Waals surface area contributed by atoms with E-state index in [4.69, 9.17) is 0 Å². The summed E-state index contributed by atoms with van der Waals surface area (Å²) in [6, 6.07) is 15.5. The van der Waals surface area contributed by atoms with E-state index in [0.29, 0.717) is 5.92 Å². The Kier molecular flexibility index (Phi) is 6.00. The molecule has 0 bridgehead atoms. The van der Waals surface area contributed by atoms with Gasteiger partial charge in [0.25, 0.3) is 0 Å². The van der Waals surface area contributed by atoms with Gasteiger partial charge in [0.05, 0.1) is 0 Å². The highest BCUT2D eigenvalue weighted by atomic mass is 16.1. The van der Waals surface area contributed by atoms with Gasteiger partial charge in [-0.25, -0.2) is 0 Å². The van der Waals surface area contributed by atoms with Crippen LogP contribution in [-0.2, 0) is 4.79 Å². The number of amides is 1. The molecule has 0 aromatic heterocycles. The van der Waals surface area contributed by atoms with E-state index in [-0.39, 0.29) is 11.7 Å². The molecule has 1 N–H and O–H groups in total. The normalized spacial score (nSPS) is 15.1. The van der Waals surface area contributed by atoms with Crippen LogP contribution in [0.15, 0.2) is 54.6 Å². The molecule has 1 amide bonds. The SMILES string of the molecule is CC(=O)Nc1ccc(C=CC(=O)c2ccc(C3CCCCC3)cc2)cc1. The van der Waals surface area contributed by atoms with Crippen molar-refractivity contribution in [3.63, 3.8) is 0 Å². The minimum Gasteiger partial charge on any atom is -0.326 e. The van der Waals surface area contributed by atoms with E-state index in [1.165, 1.54) is 44.6 Å². The summed E-state index contributed by atoms with van der Waals surface area (Å²) in [5, 5.41) is 2.72. The minimum absolute atomic E-state index is 0.00568. The van der Waals surface area contributed by atoms with Crippen molar-refractivity contribution in [1.82, 2.24) is 0 Å². The Labute approximate surface area is 155 Å². The van der Waals surface area contributed by atoms with Crippen LogP contribution in [0.25, 0.3) is 6.08 Å². The van der Waals surface area contributed by atoms with E-state index in [1.54, 1.807) is 12.2 Å². The van der Waals surface area contributed by atoms with Crippen molar-refractivity contribution in [2.45, 2.75) is 44.9 Å². The highest BCUT2D eigenvalue weighted by Crippen LogP contribution is 2.32. The first kappa shape index (κ1) is 18.1. The molecule has 0 radical (unpaired) electrons. The molecule has 0 spiro atoms. The molecule has 134 valence electrons. The van der Waals surface area contributed by atoms with Crippen LogP contribution in [0.4, 0.5) is 5.69 Å². The number of carbonyl (C=O) groups is 2. The molecule has 0 atom stereocenters. The maximum Gasteiger partial charge on any atom is 0.221 e. The number of carbonyl (C=O) groups excluding carboxylic acids is 2. The lowest BCUT2D eigenvalue weighted by molar-refractivity contribution is -0.114. The zero-order chi connectivity index (χ0) is 18.4. The average Bonchev–Trinajstić information content (AvgIpc) is 2.67. The van der Waals surface area contributed by atoms with E-state index >= 15 is 0 Å². The Morgan fingerprint density at radius 2 is 1.58 bits per heavy atom. The summed E-state index contributed by atoms with van der Waals surface area (Å²) in [6.45, 7) is 1.48. The first-order valence-electron chi connectivity index (χ1n) is 9.32. The van der Waals surface area contributed by atoms with Gasteiger partial charge in [-0.2, -0.15) is 0 Å². The number of benzene rings is 2. The fraction of sp³-hybridized carbons (Fsp3) is 0.304. The number of hydrogen-bond donors (Lipinski definition) is 1. The van der Waals surface area contributed by atoms with Gasteiger partial charge in [0.15, 0.2) is 5.78 Å². The molecule has 3 rings (SSSR count). The molecule has 2 aromatic carbocycles. The third-order valence-electron chi connectivity index (χ3n) is 4.93. The predicted molar refractivity (Wildman–Crippen MR) is 106 cm³/mol. The second kappa shape index (κ2) is 8.61. The molecule has 26 heavy (non-hydrogen) atoms. The third kappa shape index (κ3) is 4.92. The zero-order valence-electron chi connectivity index (χ0n) is 15.2. The summed E-state index contributed by atoms with van der Waals surface area (Å²) in [4.78, 5) is 23.4. The lowest BCUT2D eigenvalue weighted by Gasteiger charge is -2.21. The molecule has 1 saturated carbocycles.